The third kappa shape index (κ3) is 11.2. The Balaban J connectivity index is 0.000000356. The van der Waals surface area contributed by atoms with Gasteiger partial charge in [-0.1, -0.05) is 61.3 Å². The van der Waals surface area contributed by atoms with E-state index in [-0.39, 0.29) is 0 Å². The number of nitrogens with zero attached hydrogens (tertiary/aromatic N) is 1. The van der Waals surface area contributed by atoms with Crippen molar-refractivity contribution in [2.24, 2.45) is 5.92 Å². The molecule has 0 unspecified atom stereocenters. The highest BCUT2D eigenvalue weighted by atomic mass is 79.9. The summed E-state index contributed by atoms with van der Waals surface area (Å²) in [5, 5.41) is 0. The number of aryl methyl sites for hydroxylation is 1. The Morgan fingerprint density at radius 1 is 1.05 bits per heavy atom. The Hall–Kier alpha value is -0.340. The van der Waals surface area contributed by atoms with Crippen molar-refractivity contribution in [2.45, 2.75) is 47.5 Å². The van der Waals surface area contributed by atoms with E-state index in [2.05, 4.69) is 67.6 Å². The van der Waals surface area contributed by atoms with E-state index in [4.69, 9.17) is 0 Å². The fourth-order valence-electron chi connectivity index (χ4n) is 1.72. The first kappa shape index (κ1) is 18.7. The zero-order valence-electron chi connectivity index (χ0n) is 13.2. The maximum atomic E-state index is 3.35. The van der Waals surface area contributed by atoms with Gasteiger partial charge in [0.2, 0.25) is 0 Å². The zero-order chi connectivity index (χ0) is 14.7. The van der Waals surface area contributed by atoms with Crippen molar-refractivity contribution in [2.75, 3.05) is 19.6 Å². The summed E-state index contributed by atoms with van der Waals surface area (Å²) < 4.78 is 1.14. The van der Waals surface area contributed by atoms with Crippen LogP contribution in [0.2, 0.25) is 0 Å². The van der Waals surface area contributed by atoms with E-state index in [1.807, 2.05) is 12.1 Å². The van der Waals surface area contributed by atoms with E-state index < -0.39 is 0 Å². The van der Waals surface area contributed by atoms with Crippen LogP contribution in [0.1, 0.15) is 46.1 Å². The predicted molar refractivity (Wildman–Crippen MR) is 90.7 cm³/mol. The second kappa shape index (κ2) is 11.5. The number of rotatable bonds is 6. The Morgan fingerprint density at radius 3 is 2.00 bits per heavy atom. The molecule has 0 atom stereocenters. The van der Waals surface area contributed by atoms with Crippen LogP contribution in [0.5, 0.6) is 0 Å². The molecule has 0 amide bonds. The van der Waals surface area contributed by atoms with Crippen LogP contribution < -0.4 is 0 Å². The molecule has 0 radical (unpaired) electrons. The van der Waals surface area contributed by atoms with Crippen LogP contribution >= 0.6 is 15.9 Å². The lowest BCUT2D eigenvalue weighted by atomic mass is 10.1. The first-order valence-electron chi connectivity index (χ1n) is 7.44. The zero-order valence-corrected chi connectivity index (χ0v) is 14.8. The molecule has 0 heterocycles. The molecule has 1 aromatic carbocycles. The second-order valence-corrected chi connectivity index (χ2v) is 6.33. The molecule has 110 valence electrons. The quantitative estimate of drug-likeness (QED) is 0.664. The van der Waals surface area contributed by atoms with Crippen LogP contribution in [0.15, 0.2) is 28.7 Å². The van der Waals surface area contributed by atoms with E-state index in [1.54, 1.807) is 0 Å². The minimum Gasteiger partial charge on any atom is -0.304 e. The SMILES string of the molecule is CCCN(CC)CCC(C)C.Cc1ccc(Br)cc1. The van der Waals surface area contributed by atoms with Gasteiger partial charge in [-0.15, -0.1) is 0 Å². The third-order valence-electron chi connectivity index (χ3n) is 3.02. The van der Waals surface area contributed by atoms with E-state index >= 15 is 0 Å². The van der Waals surface area contributed by atoms with Gasteiger partial charge in [0.1, 0.15) is 0 Å². The predicted octanol–water partition coefficient (Wildman–Crippen LogP) is 5.52. The number of hydrogen-bond acceptors (Lipinski definition) is 1. The summed E-state index contributed by atoms with van der Waals surface area (Å²) in [6, 6.07) is 8.22. The molecule has 0 aliphatic rings. The lowest BCUT2D eigenvalue weighted by molar-refractivity contribution is 0.271. The average molecular weight is 328 g/mol. The first-order chi connectivity index (χ1) is 8.99. The molecule has 0 saturated carbocycles. The molecule has 1 nitrogen and oxygen atoms in total. The second-order valence-electron chi connectivity index (χ2n) is 5.41. The monoisotopic (exact) mass is 327 g/mol. The molecular weight excluding hydrogens is 298 g/mol. The van der Waals surface area contributed by atoms with Crippen molar-refractivity contribution in [3.05, 3.63) is 34.3 Å². The number of halogens is 1. The summed E-state index contributed by atoms with van der Waals surface area (Å²) in [4.78, 5) is 2.53. The number of hydrogen-bond donors (Lipinski definition) is 0. The average Bonchev–Trinajstić information content (AvgIpc) is 2.38. The van der Waals surface area contributed by atoms with Gasteiger partial charge in [0, 0.05) is 4.47 Å². The van der Waals surface area contributed by atoms with Crippen LogP contribution in [0.4, 0.5) is 0 Å². The molecular formula is C17H30BrN. The minimum atomic E-state index is 0.848. The summed E-state index contributed by atoms with van der Waals surface area (Å²) in [5.41, 5.74) is 1.30. The highest BCUT2D eigenvalue weighted by Crippen LogP contribution is 2.08. The van der Waals surface area contributed by atoms with Crippen LogP contribution in [0.25, 0.3) is 0 Å². The summed E-state index contributed by atoms with van der Waals surface area (Å²) in [7, 11) is 0. The van der Waals surface area contributed by atoms with Gasteiger partial charge >= 0.3 is 0 Å². The Bertz CT molecular complexity index is 285. The summed E-state index contributed by atoms with van der Waals surface area (Å²) >= 11 is 3.35. The normalized spacial score (nSPS) is 10.5. The van der Waals surface area contributed by atoms with Gasteiger partial charge < -0.3 is 4.90 Å². The molecule has 0 aliphatic carbocycles. The van der Waals surface area contributed by atoms with Crippen molar-refractivity contribution in [3.8, 4) is 0 Å². The van der Waals surface area contributed by atoms with Crippen molar-refractivity contribution >= 4 is 15.9 Å². The van der Waals surface area contributed by atoms with Crippen molar-refractivity contribution in [3.63, 3.8) is 0 Å². The van der Waals surface area contributed by atoms with E-state index in [0.717, 1.165) is 10.4 Å². The van der Waals surface area contributed by atoms with E-state index in [1.165, 1.54) is 38.0 Å². The third-order valence-corrected chi connectivity index (χ3v) is 3.55. The lowest BCUT2D eigenvalue weighted by Gasteiger charge is -2.20. The molecule has 0 fully saturated rings. The Labute approximate surface area is 128 Å². The molecule has 1 rings (SSSR count). The molecule has 0 aliphatic heterocycles. The number of benzene rings is 1. The molecule has 0 N–H and O–H groups in total. The van der Waals surface area contributed by atoms with Gasteiger partial charge in [0.05, 0.1) is 0 Å². The van der Waals surface area contributed by atoms with Gasteiger partial charge in [-0.05, 0) is 57.5 Å². The van der Waals surface area contributed by atoms with Crippen LogP contribution in [0.3, 0.4) is 0 Å². The fraction of sp³-hybridized carbons (Fsp3) is 0.647. The smallest absolute Gasteiger partial charge is 0.0175 e. The van der Waals surface area contributed by atoms with Crippen LogP contribution in [-0.2, 0) is 0 Å². The molecule has 0 spiro atoms. The molecule has 2 heteroatoms. The van der Waals surface area contributed by atoms with Crippen molar-refractivity contribution < 1.29 is 0 Å². The largest absolute Gasteiger partial charge is 0.304 e. The highest BCUT2D eigenvalue weighted by molar-refractivity contribution is 9.10. The summed E-state index contributed by atoms with van der Waals surface area (Å²) in [6.45, 7) is 14.9. The maximum Gasteiger partial charge on any atom is 0.0175 e. The van der Waals surface area contributed by atoms with Gasteiger partial charge in [0.25, 0.3) is 0 Å². The van der Waals surface area contributed by atoms with Crippen molar-refractivity contribution in [1.29, 1.82) is 0 Å². The highest BCUT2D eigenvalue weighted by Gasteiger charge is 2.01. The van der Waals surface area contributed by atoms with Gasteiger partial charge in [-0.2, -0.15) is 0 Å². The fourth-order valence-corrected chi connectivity index (χ4v) is 1.98. The topological polar surface area (TPSA) is 3.24 Å². The van der Waals surface area contributed by atoms with Crippen LogP contribution in [0, 0.1) is 12.8 Å². The molecule has 1 aromatic rings. The first-order valence-corrected chi connectivity index (χ1v) is 8.23. The van der Waals surface area contributed by atoms with Gasteiger partial charge in [-0.3, -0.25) is 0 Å². The maximum absolute atomic E-state index is 3.35. The molecule has 0 aromatic heterocycles. The summed E-state index contributed by atoms with van der Waals surface area (Å²) in [5.74, 6) is 0.848. The van der Waals surface area contributed by atoms with Gasteiger partial charge in [-0.25, -0.2) is 0 Å². The van der Waals surface area contributed by atoms with Crippen LogP contribution in [-0.4, -0.2) is 24.5 Å². The van der Waals surface area contributed by atoms with Gasteiger partial charge in [0.15, 0.2) is 0 Å². The van der Waals surface area contributed by atoms with E-state index in [0.29, 0.717) is 0 Å². The minimum absolute atomic E-state index is 0.848. The van der Waals surface area contributed by atoms with E-state index in [9.17, 15) is 0 Å². The Morgan fingerprint density at radius 2 is 1.63 bits per heavy atom. The lowest BCUT2D eigenvalue weighted by Crippen LogP contribution is -2.26. The molecule has 0 bridgehead atoms. The van der Waals surface area contributed by atoms with Crippen molar-refractivity contribution in [1.82, 2.24) is 4.90 Å². The summed E-state index contributed by atoms with van der Waals surface area (Å²) in [6.07, 6.45) is 2.62. The molecule has 19 heavy (non-hydrogen) atoms. The molecule has 0 saturated heterocycles. The Kier molecular flexibility index (Phi) is 11.3. The standard InChI is InChI=1S/C10H23N.C7H7Br/c1-5-8-11(6-2)9-7-10(3)4;1-6-2-4-7(8)5-3-6/h10H,5-9H2,1-4H3;2-5H,1H3.